The fraction of sp³-hybridized carbons (Fsp3) is 0. The Kier molecular flexibility index (Phi) is 2.25. The Morgan fingerprint density at radius 1 is 1.10 bits per heavy atom. The summed E-state index contributed by atoms with van der Waals surface area (Å²) in [5, 5.41) is 3.45. The molecule has 96 valence electrons. The van der Waals surface area contributed by atoms with E-state index in [1.165, 1.54) is 11.5 Å². The van der Waals surface area contributed by atoms with Crippen molar-refractivity contribution < 1.29 is 9.59 Å². The summed E-state index contributed by atoms with van der Waals surface area (Å²) in [6.45, 7) is 0. The van der Waals surface area contributed by atoms with Crippen molar-refractivity contribution in [2.45, 2.75) is 0 Å². The average molecular weight is 280 g/mol. The minimum absolute atomic E-state index is 0.0664. The van der Waals surface area contributed by atoms with Gasteiger partial charge in [0.1, 0.15) is 0 Å². The zero-order chi connectivity index (χ0) is 13.7. The molecule has 1 N–H and O–H groups in total. The summed E-state index contributed by atoms with van der Waals surface area (Å²) >= 11 is 1.37. The summed E-state index contributed by atoms with van der Waals surface area (Å²) in [6.07, 6.45) is 0.588. The van der Waals surface area contributed by atoms with Gasteiger partial charge in [0, 0.05) is 16.5 Å². The second kappa shape index (κ2) is 3.98. The first-order valence-corrected chi connectivity index (χ1v) is 6.85. The molecule has 1 heterocycles. The van der Waals surface area contributed by atoms with Crippen LogP contribution in [0, 0.1) is 0 Å². The van der Waals surface area contributed by atoms with Crippen LogP contribution < -0.4 is 5.32 Å². The number of rotatable bonds is 2. The molecule has 0 saturated heterocycles. The van der Waals surface area contributed by atoms with E-state index in [0.29, 0.717) is 23.2 Å². The highest BCUT2D eigenvalue weighted by molar-refractivity contribution is 7.13. The third-order valence-electron chi connectivity index (χ3n) is 3.51. The highest BCUT2D eigenvalue weighted by Crippen LogP contribution is 2.43. The van der Waals surface area contributed by atoms with Gasteiger partial charge < -0.3 is 5.32 Å². The fourth-order valence-electron chi connectivity index (χ4n) is 2.66. The molecule has 1 aliphatic rings. The number of nitrogens with one attached hydrogen (secondary N) is 1. The molecule has 0 radical (unpaired) electrons. The number of hydrogen-bond donors (Lipinski definition) is 1. The first-order valence-electron chi connectivity index (χ1n) is 6.08. The van der Waals surface area contributed by atoms with Crippen molar-refractivity contribution in [1.82, 2.24) is 4.37 Å². The number of hydrogen-bond acceptors (Lipinski definition) is 4. The van der Waals surface area contributed by atoms with Crippen molar-refractivity contribution in [3.05, 3.63) is 47.5 Å². The second-order valence-corrected chi connectivity index (χ2v) is 5.33. The summed E-state index contributed by atoms with van der Waals surface area (Å²) in [5.41, 5.74) is 3.39. The Labute approximate surface area is 118 Å². The van der Waals surface area contributed by atoms with E-state index in [1.54, 1.807) is 12.1 Å². The van der Waals surface area contributed by atoms with Crippen LogP contribution >= 0.6 is 11.5 Å². The Morgan fingerprint density at radius 3 is 2.70 bits per heavy atom. The molecule has 1 amide bonds. The van der Waals surface area contributed by atoms with Crippen LogP contribution in [-0.2, 0) is 4.79 Å². The molecule has 0 aliphatic heterocycles. The SMILES string of the molecule is O=CNc1ccc2snc3c2c1C(=O)c1ccccc1-3. The van der Waals surface area contributed by atoms with E-state index in [0.717, 1.165) is 21.3 Å². The lowest BCUT2D eigenvalue weighted by Gasteiger charge is -2.17. The Hall–Kier alpha value is -2.53. The van der Waals surface area contributed by atoms with Crippen LogP contribution in [0.3, 0.4) is 0 Å². The van der Waals surface area contributed by atoms with Crippen molar-refractivity contribution >= 4 is 39.5 Å². The van der Waals surface area contributed by atoms with Gasteiger partial charge in [0.25, 0.3) is 0 Å². The highest BCUT2D eigenvalue weighted by Gasteiger charge is 2.29. The van der Waals surface area contributed by atoms with Crippen LogP contribution in [0.4, 0.5) is 5.69 Å². The number of amides is 1. The third kappa shape index (κ3) is 1.32. The number of carbonyl (C=O) groups is 2. The molecular weight excluding hydrogens is 272 g/mol. The summed E-state index contributed by atoms with van der Waals surface area (Å²) in [4.78, 5) is 23.4. The molecule has 3 aromatic rings. The van der Waals surface area contributed by atoms with E-state index in [2.05, 4.69) is 9.69 Å². The zero-order valence-corrected chi connectivity index (χ0v) is 11.0. The molecule has 0 bridgehead atoms. The van der Waals surface area contributed by atoms with Crippen molar-refractivity contribution in [2.24, 2.45) is 0 Å². The molecule has 0 atom stereocenters. The van der Waals surface area contributed by atoms with Crippen LogP contribution in [-0.4, -0.2) is 16.6 Å². The lowest BCUT2D eigenvalue weighted by molar-refractivity contribution is -0.105. The van der Waals surface area contributed by atoms with Gasteiger partial charge in [-0.3, -0.25) is 9.59 Å². The zero-order valence-electron chi connectivity index (χ0n) is 10.2. The molecule has 0 spiro atoms. The van der Waals surface area contributed by atoms with Crippen LogP contribution in [0.25, 0.3) is 21.3 Å². The molecule has 0 saturated carbocycles. The van der Waals surface area contributed by atoms with Gasteiger partial charge in [-0.15, -0.1) is 0 Å². The van der Waals surface area contributed by atoms with Gasteiger partial charge in [-0.05, 0) is 23.7 Å². The lowest BCUT2D eigenvalue weighted by atomic mass is 9.87. The Bertz CT molecular complexity index is 883. The molecule has 1 aromatic heterocycles. The maximum absolute atomic E-state index is 12.7. The third-order valence-corrected chi connectivity index (χ3v) is 4.32. The van der Waals surface area contributed by atoms with E-state index in [-0.39, 0.29) is 5.78 Å². The van der Waals surface area contributed by atoms with Crippen molar-refractivity contribution in [3.8, 4) is 11.3 Å². The minimum atomic E-state index is -0.0664. The molecule has 20 heavy (non-hydrogen) atoms. The van der Waals surface area contributed by atoms with Gasteiger partial charge in [0.05, 0.1) is 21.6 Å². The lowest BCUT2D eigenvalue weighted by Crippen LogP contribution is -2.12. The summed E-state index contributed by atoms with van der Waals surface area (Å²) in [7, 11) is 0. The summed E-state index contributed by atoms with van der Waals surface area (Å²) < 4.78 is 5.43. The number of aromatic nitrogens is 1. The normalized spacial score (nSPS) is 12.3. The maximum Gasteiger partial charge on any atom is 0.211 e. The molecule has 4 nitrogen and oxygen atoms in total. The number of anilines is 1. The van der Waals surface area contributed by atoms with Crippen molar-refractivity contribution in [1.29, 1.82) is 0 Å². The molecule has 1 aliphatic carbocycles. The second-order valence-electron chi connectivity index (χ2n) is 4.53. The van der Waals surface area contributed by atoms with E-state index in [9.17, 15) is 9.59 Å². The molecule has 4 rings (SSSR count). The molecule has 0 unspecified atom stereocenters. The highest BCUT2D eigenvalue weighted by atomic mass is 32.1. The molecular formula is C15H8N2O2S. The number of carbonyl (C=O) groups excluding carboxylic acids is 2. The van der Waals surface area contributed by atoms with Gasteiger partial charge in [-0.25, -0.2) is 0 Å². The number of fused-ring (bicyclic) bond motifs is 2. The van der Waals surface area contributed by atoms with Gasteiger partial charge in [0.15, 0.2) is 5.78 Å². The number of nitrogens with zero attached hydrogens (tertiary/aromatic N) is 1. The number of benzene rings is 2. The largest absolute Gasteiger partial charge is 0.328 e. The quantitative estimate of drug-likeness (QED) is 0.574. The van der Waals surface area contributed by atoms with Crippen molar-refractivity contribution in [3.63, 3.8) is 0 Å². The summed E-state index contributed by atoms with van der Waals surface area (Å²) in [5.74, 6) is -0.0664. The van der Waals surface area contributed by atoms with E-state index in [1.807, 2.05) is 24.3 Å². The smallest absolute Gasteiger partial charge is 0.211 e. The van der Waals surface area contributed by atoms with Gasteiger partial charge >= 0.3 is 0 Å². The topological polar surface area (TPSA) is 59.1 Å². The minimum Gasteiger partial charge on any atom is -0.328 e. The first-order chi connectivity index (χ1) is 9.81. The first kappa shape index (κ1) is 11.3. The summed E-state index contributed by atoms with van der Waals surface area (Å²) in [6, 6.07) is 11.1. The monoisotopic (exact) mass is 280 g/mol. The van der Waals surface area contributed by atoms with E-state index in [4.69, 9.17) is 0 Å². The van der Waals surface area contributed by atoms with Gasteiger partial charge in [-0.1, -0.05) is 24.3 Å². The Balaban J connectivity index is 2.18. The average Bonchev–Trinajstić information content (AvgIpc) is 2.90. The van der Waals surface area contributed by atoms with Gasteiger partial charge in [0.2, 0.25) is 6.41 Å². The molecule has 5 heteroatoms. The van der Waals surface area contributed by atoms with Gasteiger partial charge in [-0.2, -0.15) is 4.37 Å². The van der Waals surface area contributed by atoms with Crippen LogP contribution in [0.15, 0.2) is 36.4 Å². The van der Waals surface area contributed by atoms with Crippen LogP contribution in [0.5, 0.6) is 0 Å². The van der Waals surface area contributed by atoms with E-state index < -0.39 is 0 Å². The fourth-order valence-corrected chi connectivity index (χ4v) is 3.46. The predicted octanol–water partition coefficient (Wildman–Crippen LogP) is 3.08. The Morgan fingerprint density at radius 2 is 1.90 bits per heavy atom. The number of ketones is 1. The van der Waals surface area contributed by atoms with Crippen LogP contribution in [0.1, 0.15) is 15.9 Å². The van der Waals surface area contributed by atoms with Crippen molar-refractivity contribution in [2.75, 3.05) is 5.32 Å². The standard InChI is InChI=1S/C15H8N2O2S/c18-7-16-10-5-6-11-13-12(10)15(19)9-4-2-1-3-8(9)14(13)17-20-11/h1-7H,(H,16,18). The van der Waals surface area contributed by atoms with E-state index >= 15 is 0 Å². The molecule has 0 fully saturated rings. The van der Waals surface area contributed by atoms with Crippen LogP contribution in [0.2, 0.25) is 0 Å². The molecule has 2 aromatic carbocycles. The predicted molar refractivity (Wildman–Crippen MR) is 78.2 cm³/mol. The maximum atomic E-state index is 12.7.